The highest BCUT2D eigenvalue weighted by molar-refractivity contribution is 5.97. The van der Waals surface area contributed by atoms with Crippen molar-refractivity contribution in [3.63, 3.8) is 0 Å². The summed E-state index contributed by atoms with van der Waals surface area (Å²) in [6.45, 7) is 3.12. The van der Waals surface area contributed by atoms with E-state index in [4.69, 9.17) is 10.8 Å². The zero-order valence-electron chi connectivity index (χ0n) is 11.3. The maximum atomic E-state index is 11.4. The number of hydrogen-bond acceptors (Lipinski definition) is 6. The number of aliphatic hydroxyl groups is 2. The molecule has 0 saturated carbocycles. The van der Waals surface area contributed by atoms with Crippen molar-refractivity contribution in [3.05, 3.63) is 23.9 Å². The number of nitrogens with two attached hydrogens (primary N) is 1. The van der Waals surface area contributed by atoms with Crippen molar-refractivity contribution in [2.75, 3.05) is 44.2 Å². The lowest BCUT2D eigenvalue weighted by Gasteiger charge is -2.36. The van der Waals surface area contributed by atoms with Crippen molar-refractivity contribution in [1.82, 2.24) is 9.88 Å². The average molecular weight is 280 g/mol. The molecule has 1 aliphatic heterocycles. The number of hydrogen-bond donors (Lipinski definition) is 3. The Bertz CT molecular complexity index is 461. The lowest BCUT2D eigenvalue weighted by Crippen LogP contribution is -2.49. The molecule has 1 aromatic rings. The van der Waals surface area contributed by atoms with Crippen LogP contribution >= 0.6 is 0 Å². The van der Waals surface area contributed by atoms with Gasteiger partial charge >= 0.3 is 0 Å². The fraction of sp³-hybridized carbons (Fsp3) is 0.538. The Morgan fingerprint density at radius 3 is 2.70 bits per heavy atom. The monoisotopic (exact) mass is 280 g/mol. The normalized spacial score (nSPS) is 18.0. The quantitative estimate of drug-likeness (QED) is 0.616. The highest BCUT2D eigenvalue weighted by Crippen LogP contribution is 2.18. The summed E-state index contributed by atoms with van der Waals surface area (Å²) >= 11 is 0. The van der Waals surface area contributed by atoms with Crippen LogP contribution in [0.25, 0.3) is 0 Å². The van der Waals surface area contributed by atoms with Gasteiger partial charge in [0, 0.05) is 38.9 Å². The van der Waals surface area contributed by atoms with Crippen LogP contribution < -0.4 is 10.6 Å². The standard InChI is InChI=1S/C13H20N4O3/c14-12(20)11-2-1-3-15-13(11)17-6-4-16(5-7-17)8-10(19)9-18/h1-3,10,18-19H,4-9H2,(H2,14,20). The number of nitrogens with zero attached hydrogens (tertiary/aromatic N) is 3. The van der Waals surface area contributed by atoms with Gasteiger partial charge in [-0.15, -0.1) is 0 Å². The number of rotatable bonds is 5. The van der Waals surface area contributed by atoms with Gasteiger partial charge in [0.2, 0.25) is 0 Å². The fourth-order valence-corrected chi connectivity index (χ4v) is 2.34. The minimum Gasteiger partial charge on any atom is -0.394 e. The van der Waals surface area contributed by atoms with Gasteiger partial charge in [-0.3, -0.25) is 9.69 Å². The van der Waals surface area contributed by atoms with Gasteiger partial charge in [-0.2, -0.15) is 0 Å². The SMILES string of the molecule is NC(=O)c1cccnc1N1CCN(CC(O)CO)CC1. The molecule has 4 N–H and O–H groups in total. The predicted octanol–water partition coefficient (Wildman–Crippen LogP) is -1.34. The van der Waals surface area contributed by atoms with Crippen molar-refractivity contribution < 1.29 is 15.0 Å². The van der Waals surface area contributed by atoms with Gasteiger partial charge in [-0.05, 0) is 12.1 Å². The van der Waals surface area contributed by atoms with E-state index in [0.717, 1.165) is 13.1 Å². The van der Waals surface area contributed by atoms with Crippen molar-refractivity contribution in [2.45, 2.75) is 6.10 Å². The number of carbonyl (C=O) groups excluding carboxylic acids is 1. The Labute approximate surface area is 117 Å². The fourth-order valence-electron chi connectivity index (χ4n) is 2.34. The number of carbonyl (C=O) groups is 1. The molecule has 2 heterocycles. The molecular weight excluding hydrogens is 260 g/mol. The first-order valence-corrected chi connectivity index (χ1v) is 6.63. The molecule has 7 nitrogen and oxygen atoms in total. The van der Waals surface area contributed by atoms with Gasteiger partial charge in [-0.25, -0.2) is 4.98 Å². The van der Waals surface area contributed by atoms with Crippen molar-refractivity contribution in [2.24, 2.45) is 5.73 Å². The smallest absolute Gasteiger partial charge is 0.252 e. The van der Waals surface area contributed by atoms with Gasteiger partial charge in [-0.1, -0.05) is 0 Å². The molecule has 0 bridgehead atoms. The largest absolute Gasteiger partial charge is 0.394 e. The summed E-state index contributed by atoms with van der Waals surface area (Å²) in [7, 11) is 0. The van der Waals surface area contributed by atoms with Gasteiger partial charge in [0.05, 0.1) is 18.3 Å². The first kappa shape index (κ1) is 14.7. The van der Waals surface area contributed by atoms with Crippen LogP contribution in [0, 0.1) is 0 Å². The summed E-state index contributed by atoms with van der Waals surface area (Å²) < 4.78 is 0. The topological polar surface area (TPSA) is 103 Å². The number of amides is 1. The van der Waals surface area contributed by atoms with Crippen LogP contribution in [-0.4, -0.2) is 71.4 Å². The van der Waals surface area contributed by atoms with E-state index in [-0.39, 0.29) is 6.61 Å². The molecular formula is C13H20N4O3. The summed E-state index contributed by atoms with van der Waals surface area (Å²) in [4.78, 5) is 19.7. The van der Waals surface area contributed by atoms with Gasteiger partial charge in [0.1, 0.15) is 5.82 Å². The second-order valence-corrected chi connectivity index (χ2v) is 4.86. The summed E-state index contributed by atoms with van der Waals surface area (Å²) in [5.41, 5.74) is 5.78. The molecule has 2 rings (SSSR count). The second-order valence-electron chi connectivity index (χ2n) is 4.86. The third-order valence-corrected chi connectivity index (χ3v) is 3.40. The van der Waals surface area contributed by atoms with Crippen LogP contribution in [-0.2, 0) is 0 Å². The van der Waals surface area contributed by atoms with E-state index in [1.807, 2.05) is 4.90 Å². The molecule has 7 heteroatoms. The van der Waals surface area contributed by atoms with E-state index in [9.17, 15) is 9.90 Å². The first-order valence-electron chi connectivity index (χ1n) is 6.63. The number of piperazine rings is 1. The molecule has 1 atom stereocenters. The lowest BCUT2D eigenvalue weighted by molar-refractivity contribution is 0.0574. The third kappa shape index (κ3) is 3.44. The summed E-state index contributed by atoms with van der Waals surface area (Å²) in [5.74, 6) is 0.133. The number of aliphatic hydroxyl groups excluding tert-OH is 2. The van der Waals surface area contributed by atoms with E-state index >= 15 is 0 Å². The molecule has 20 heavy (non-hydrogen) atoms. The Morgan fingerprint density at radius 1 is 1.40 bits per heavy atom. The molecule has 110 valence electrons. The zero-order valence-corrected chi connectivity index (χ0v) is 11.3. The summed E-state index contributed by atoms with van der Waals surface area (Å²) in [5, 5.41) is 18.3. The number of primary amides is 1. The second kappa shape index (κ2) is 6.65. The number of pyridine rings is 1. The van der Waals surface area contributed by atoms with Crippen molar-refractivity contribution >= 4 is 11.7 Å². The molecule has 0 radical (unpaired) electrons. The van der Waals surface area contributed by atoms with E-state index in [1.54, 1.807) is 18.3 Å². The number of aromatic nitrogens is 1. The minimum absolute atomic E-state index is 0.230. The maximum absolute atomic E-state index is 11.4. The molecule has 1 unspecified atom stereocenters. The van der Waals surface area contributed by atoms with Crippen molar-refractivity contribution in [1.29, 1.82) is 0 Å². The molecule has 0 aromatic carbocycles. The van der Waals surface area contributed by atoms with Gasteiger partial charge < -0.3 is 20.8 Å². The van der Waals surface area contributed by atoms with Crippen LogP contribution in [0.3, 0.4) is 0 Å². The average Bonchev–Trinajstić information content (AvgIpc) is 2.48. The zero-order chi connectivity index (χ0) is 14.5. The lowest BCUT2D eigenvalue weighted by atomic mass is 10.2. The molecule has 1 aliphatic rings. The van der Waals surface area contributed by atoms with E-state index in [2.05, 4.69) is 9.88 Å². The molecule has 1 saturated heterocycles. The highest BCUT2D eigenvalue weighted by Gasteiger charge is 2.22. The number of anilines is 1. The van der Waals surface area contributed by atoms with E-state index < -0.39 is 12.0 Å². The molecule has 0 spiro atoms. The van der Waals surface area contributed by atoms with E-state index in [1.165, 1.54) is 0 Å². The molecule has 0 aliphatic carbocycles. The molecule has 1 fully saturated rings. The van der Waals surface area contributed by atoms with E-state index in [0.29, 0.717) is 31.0 Å². The van der Waals surface area contributed by atoms with Crippen LogP contribution in [0.15, 0.2) is 18.3 Å². The summed E-state index contributed by atoms with van der Waals surface area (Å²) in [6, 6.07) is 3.37. The van der Waals surface area contributed by atoms with Crippen LogP contribution in [0.5, 0.6) is 0 Å². The van der Waals surface area contributed by atoms with Crippen LogP contribution in [0.1, 0.15) is 10.4 Å². The first-order chi connectivity index (χ1) is 9.61. The maximum Gasteiger partial charge on any atom is 0.252 e. The minimum atomic E-state index is -0.711. The molecule has 1 amide bonds. The predicted molar refractivity (Wildman–Crippen MR) is 74.5 cm³/mol. The Balaban J connectivity index is 1.99. The van der Waals surface area contributed by atoms with Crippen LogP contribution in [0.2, 0.25) is 0 Å². The van der Waals surface area contributed by atoms with Crippen molar-refractivity contribution in [3.8, 4) is 0 Å². The number of β-amino-alcohol motifs (C(OH)–C–C–N with tert-alkyl or cyclic N) is 1. The summed E-state index contributed by atoms with van der Waals surface area (Å²) in [6.07, 6.45) is 0.932. The van der Waals surface area contributed by atoms with Gasteiger partial charge in [0.15, 0.2) is 0 Å². The Kier molecular flexibility index (Phi) is 4.89. The molecule has 1 aromatic heterocycles. The Morgan fingerprint density at radius 2 is 2.10 bits per heavy atom. The highest BCUT2D eigenvalue weighted by atomic mass is 16.3. The Hall–Kier alpha value is -1.70. The van der Waals surface area contributed by atoms with Gasteiger partial charge in [0.25, 0.3) is 5.91 Å². The van der Waals surface area contributed by atoms with Crippen LogP contribution in [0.4, 0.5) is 5.82 Å². The third-order valence-electron chi connectivity index (χ3n) is 3.40.